The van der Waals surface area contributed by atoms with Crippen LogP contribution in [-0.2, 0) is 14.3 Å². The van der Waals surface area contributed by atoms with E-state index < -0.39 is 12.1 Å². The Morgan fingerprint density at radius 2 is 0.573 bits per heavy atom. The molecule has 0 rings (SSSR count). The van der Waals surface area contributed by atoms with Gasteiger partial charge in [-0.25, -0.2) is 0 Å². The number of amides is 1. The monoisotopic (exact) mass is 1150 g/mol. The normalized spacial score (nSPS) is 12.7. The highest BCUT2D eigenvalue weighted by Crippen LogP contribution is 2.19. The second-order valence-corrected chi connectivity index (χ2v) is 25.6. The zero-order chi connectivity index (χ0) is 59.2. The summed E-state index contributed by atoms with van der Waals surface area (Å²) in [6.07, 6.45) is 92.5. The lowest BCUT2D eigenvalue weighted by Gasteiger charge is -2.20. The zero-order valence-corrected chi connectivity index (χ0v) is 55.5. The zero-order valence-electron chi connectivity index (χ0n) is 55.5. The number of unbranched alkanes of at least 4 members (excludes halogenated alkanes) is 55. The van der Waals surface area contributed by atoms with E-state index in [9.17, 15) is 19.8 Å². The lowest BCUT2D eigenvalue weighted by Crippen LogP contribution is -2.45. The van der Waals surface area contributed by atoms with E-state index in [0.717, 1.165) is 44.9 Å². The van der Waals surface area contributed by atoms with E-state index >= 15 is 0 Å². The third-order valence-corrected chi connectivity index (χ3v) is 17.4. The maximum Gasteiger partial charge on any atom is 0.305 e. The first-order chi connectivity index (χ1) is 40.5. The molecule has 1 amide bonds. The summed E-state index contributed by atoms with van der Waals surface area (Å²) < 4.78 is 5.49. The van der Waals surface area contributed by atoms with Crippen LogP contribution < -0.4 is 5.32 Å². The number of carbonyl (C=O) groups is 2. The Bertz CT molecular complexity index is 1330. The van der Waals surface area contributed by atoms with Crippen LogP contribution >= 0.6 is 0 Å². The summed E-state index contributed by atoms with van der Waals surface area (Å²) in [7, 11) is 0. The third kappa shape index (κ3) is 67.2. The number of allylic oxidation sites excluding steroid dienone is 5. The van der Waals surface area contributed by atoms with Crippen molar-refractivity contribution in [3.05, 3.63) is 36.5 Å². The van der Waals surface area contributed by atoms with Gasteiger partial charge in [0.05, 0.1) is 25.4 Å². The topological polar surface area (TPSA) is 95.9 Å². The first-order valence-corrected chi connectivity index (χ1v) is 37.3. The molecule has 6 nitrogen and oxygen atoms in total. The highest BCUT2D eigenvalue weighted by atomic mass is 16.5. The van der Waals surface area contributed by atoms with Gasteiger partial charge in [0.1, 0.15) is 0 Å². The molecule has 2 unspecified atom stereocenters. The largest absolute Gasteiger partial charge is 0.466 e. The van der Waals surface area contributed by atoms with Crippen LogP contribution in [0.1, 0.15) is 412 Å². The Labute approximate surface area is 513 Å². The van der Waals surface area contributed by atoms with Crippen molar-refractivity contribution in [1.82, 2.24) is 5.32 Å². The van der Waals surface area contributed by atoms with Crippen molar-refractivity contribution in [1.29, 1.82) is 0 Å². The van der Waals surface area contributed by atoms with Crippen LogP contribution in [-0.4, -0.2) is 47.4 Å². The van der Waals surface area contributed by atoms with Crippen LogP contribution in [0.2, 0.25) is 0 Å². The maximum absolute atomic E-state index is 12.5. The van der Waals surface area contributed by atoms with Crippen molar-refractivity contribution in [3.8, 4) is 0 Å². The summed E-state index contributed by atoms with van der Waals surface area (Å²) in [4.78, 5) is 24.6. The van der Waals surface area contributed by atoms with E-state index in [4.69, 9.17) is 4.74 Å². The summed E-state index contributed by atoms with van der Waals surface area (Å²) >= 11 is 0. The molecule has 0 spiro atoms. The van der Waals surface area contributed by atoms with E-state index in [1.54, 1.807) is 6.08 Å². The van der Waals surface area contributed by atoms with Crippen molar-refractivity contribution in [2.45, 2.75) is 424 Å². The number of hydrogen-bond donors (Lipinski definition) is 3. The van der Waals surface area contributed by atoms with Crippen LogP contribution in [0.15, 0.2) is 36.5 Å². The summed E-state index contributed by atoms with van der Waals surface area (Å²) in [5.41, 5.74) is 0. The van der Waals surface area contributed by atoms with Crippen molar-refractivity contribution in [3.63, 3.8) is 0 Å². The fourth-order valence-electron chi connectivity index (χ4n) is 11.7. The number of ether oxygens (including phenoxy) is 1. The standard InChI is InChI=1S/C76H145NO5/c1-3-5-7-9-11-13-15-17-19-20-38-41-44-48-52-56-60-64-68-74(79)73(72-78)77-75(80)69-65-61-57-53-49-45-42-39-36-34-32-30-28-26-24-22-21-23-25-27-29-31-33-35-37-40-43-47-51-55-59-63-67-71-82-76(81)70-66-62-58-54-50-46-18-16-14-12-10-8-6-4-2/h16,18,25,27,64,68,73-74,78-79H,3-15,17,19-24,26,28-63,65-67,69-72H2,1-2H3,(H,77,80)/b18-16-,27-25-,68-64+. The van der Waals surface area contributed by atoms with E-state index in [1.165, 1.54) is 340 Å². The highest BCUT2D eigenvalue weighted by Gasteiger charge is 2.18. The molecular weight excluding hydrogens is 1010 g/mol. The van der Waals surface area contributed by atoms with Gasteiger partial charge in [0.25, 0.3) is 0 Å². The lowest BCUT2D eigenvalue weighted by atomic mass is 10.0. The number of aliphatic hydroxyl groups excluding tert-OH is 2. The van der Waals surface area contributed by atoms with Crippen LogP contribution in [0.4, 0.5) is 0 Å². The predicted molar refractivity (Wildman–Crippen MR) is 361 cm³/mol. The number of nitrogens with one attached hydrogen (secondary N) is 1. The van der Waals surface area contributed by atoms with Gasteiger partial charge in [-0.15, -0.1) is 0 Å². The molecule has 0 saturated carbocycles. The SMILES string of the molecule is CCCCCCC/C=C\CCCCCCCC(=O)OCCCCCCCCCCCCCC/C=C\CCCCCCCCCCCCCCCCCCCC(=O)NC(CO)C(O)/C=C/CCCCCCCCCCCCCCCCCC. The van der Waals surface area contributed by atoms with Crippen LogP contribution in [0.25, 0.3) is 0 Å². The van der Waals surface area contributed by atoms with E-state index in [0.29, 0.717) is 19.4 Å². The number of hydrogen-bond acceptors (Lipinski definition) is 5. The molecule has 2 atom stereocenters. The van der Waals surface area contributed by atoms with Gasteiger partial charge in [0.15, 0.2) is 0 Å². The summed E-state index contributed by atoms with van der Waals surface area (Å²) in [6.45, 7) is 4.93. The molecule has 0 saturated heterocycles. The van der Waals surface area contributed by atoms with Crippen molar-refractivity contribution >= 4 is 11.9 Å². The Kier molecular flexibility index (Phi) is 69.9. The van der Waals surface area contributed by atoms with Gasteiger partial charge in [-0.1, -0.05) is 352 Å². The second-order valence-electron chi connectivity index (χ2n) is 25.6. The maximum atomic E-state index is 12.5. The Morgan fingerprint density at radius 1 is 0.329 bits per heavy atom. The molecule has 0 fully saturated rings. The molecule has 6 heteroatoms. The highest BCUT2D eigenvalue weighted by molar-refractivity contribution is 5.76. The van der Waals surface area contributed by atoms with Crippen LogP contribution in [0, 0.1) is 0 Å². The molecule has 0 aromatic carbocycles. The Balaban J connectivity index is 3.37. The van der Waals surface area contributed by atoms with Gasteiger partial charge in [-0.2, -0.15) is 0 Å². The van der Waals surface area contributed by atoms with Gasteiger partial charge >= 0.3 is 5.97 Å². The summed E-state index contributed by atoms with van der Waals surface area (Å²) in [6, 6.07) is -0.626. The fraction of sp³-hybridized carbons (Fsp3) is 0.895. The van der Waals surface area contributed by atoms with E-state index in [2.05, 4.69) is 43.5 Å². The molecule has 0 bridgehead atoms. The summed E-state index contributed by atoms with van der Waals surface area (Å²) in [5, 5.41) is 23.2. The van der Waals surface area contributed by atoms with Crippen molar-refractivity contribution in [2.24, 2.45) is 0 Å². The Morgan fingerprint density at radius 3 is 0.866 bits per heavy atom. The van der Waals surface area contributed by atoms with E-state index in [1.807, 2.05) is 6.08 Å². The molecule has 82 heavy (non-hydrogen) atoms. The molecular formula is C76H145NO5. The van der Waals surface area contributed by atoms with Gasteiger partial charge in [0, 0.05) is 12.8 Å². The average Bonchev–Trinajstić information content (AvgIpc) is 3.48. The molecule has 0 aliphatic carbocycles. The number of carbonyl (C=O) groups excluding carboxylic acids is 2. The molecule has 0 aliphatic heterocycles. The van der Waals surface area contributed by atoms with Gasteiger partial charge in [-0.3, -0.25) is 9.59 Å². The second kappa shape index (κ2) is 71.6. The molecule has 484 valence electrons. The minimum absolute atomic E-state index is 0.0103. The van der Waals surface area contributed by atoms with E-state index in [-0.39, 0.29) is 18.5 Å². The van der Waals surface area contributed by atoms with Gasteiger partial charge in [-0.05, 0) is 83.5 Å². The lowest BCUT2D eigenvalue weighted by molar-refractivity contribution is -0.143. The smallest absolute Gasteiger partial charge is 0.305 e. The average molecular weight is 1150 g/mol. The molecule has 0 radical (unpaired) electrons. The van der Waals surface area contributed by atoms with Crippen LogP contribution in [0.5, 0.6) is 0 Å². The molecule has 3 N–H and O–H groups in total. The van der Waals surface area contributed by atoms with Gasteiger partial charge < -0.3 is 20.3 Å². The Hall–Kier alpha value is -1.92. The number of aliphatic hydroxyl groups is 2. The van der Waals surface area contributed by atoms with Crippen LogP contribution in [0.3, 0.4) is 0 Å². The minimum Gasteiger partial charge on any atom is -0.466 e. The first-order valence-electron chi connectivity index (χ1n) is 37.3. The summed E-state index contributed by atoms with van der Waals surface area (Å²) in [5.74, 6) is -0.0512. The quantitative estimate of drug-likeness (QED) is 0.0320. The van der Waals surface area contributed by atoms with Gasteiger partial charge in [0.2, 0.25) is 5.91 Å². The molecule has 0 aliphatic rings. The molecule has 0 heterocycles. The number of rotatable bonds is 70. The third-order valence-electron chi connectivity index (χ3n) is 17.4. The molecule has 0 aromatic rings. The van der Waals surface area contributed by atoms with Crippen molar-refractivity contribution in [2.75, 3.05) is 13.2 Å². The minimum atomic E-state index is -0.843. The van der Waals surface area contributed by atoms with Crippen molar-refractivity contribution < 1.29 is 24.5 Å². The number of esters is 1. The fourth-order valence-corrected chi connectivity index (χ4v) is 11.7. The molecule has 0 aromatic heterocycles. The predicted octanol–water partition coefficient (Wildman–Crippen LogP) is 24.3. The first kappa shape index (κ1) is 80.1.